The van der Waals surface area contributed by atoms with Gasteiger partial charge in [0.25, 0.3) is 3.91 Å². The van der Waals surface area contributed by atoms with Crippen molar-refractivity contribution in [2.45, 2.75) is 0 Å². The van der Waals surface area contributed by atoms with E-state index in [4.69, 9.17) is 17.3 Å². The predicted octanol–water partition coefficient (Wildman–Crippen LogP) is 2.66. The third-order valence-corrected chi connectivity index (χ3v) is 2.50. The number of nitrogens with zero attached hydrogens (tertiary/aromatic N) is 1. The number of hydrogen-bond acceptors (Lipinski definition) is 2. The fourth-order valence-corrected chi connectivity index (χ4v) is 1.80. The number of amides is 1. The van der Waals surface area contributed by atoms with Gasteiger partial charge in [-0.15, -0.1) is 0 Å². The van der Waals surface area contributed by atoms with Crippen LogP contribution in [0.2, 0.25) is 5.02 Å². The minimum Gasteiger partial charge on any atom is -0.329 e. The topological polar surface area (TPSA) is 46.3 Å². The summed E-state index contributed by atoms with van der Waals surface area (Å²) in [6, 6.07) is 7.15. The first-order valence-electron chi connectivity index (χ1n) is 4.08. The maximum atomic E-state index is 11.3. The molecule has 0 spiro atoms. The van der Waals surface area contributed by atoms with Gasteiger partial charge >= 0.3 is 0 Å². The van der Waals surface area contributed by atoms with Crippen LogP contribution in [0.5, 0.6) is 0 Å². The Labute approximate surface area is 101 Å². The summed E-state index contributed by atoms with van der Waals surface area (Å²) in [5, 5.41) is 0.613. The summed E-state index contributed by atoms with van der Waals surface area (Å²) in [6.45, 7) is 0.934. The zero-order valence-corrected chi connectivity index (χ0v) is 10.3. The summed E-state index contributed by atoms with van der Waals surface area (Å²) in [5.74, 6) is 0. The van der Waals surface area contributed by atoms with Crippen molar-refractivity contribution in [2.24, 2.45) is 5.73 Å². The molecule has 0 saturated heterocycles. The van der Waals surface area contributed by atoms with E-state index in [1.165, 1.54) is 0 Å². The van der Waals surface area contributed by atoms with Gasteiger partial charge in [0.15, 0.2) is 0 Å². The standard InChI is InChI=1S/C9H10ClIN2O/c10-7-2-1-3-8(6-7)13(5-4-12)9(11)14/h1-3,6H,4-5,12H2. The highest BCUT2D eigenvalue weighted by Gasteiger charge is 2.11. The van der Waals surface area contributed by atoms with Gasteiger partial charge in [-0.3, -0.25) is 4.79 Å². The molecular formula is C9H10ClIN2O. The fourth-order valence-electron chi connectivity index (χ4n) is 1.09. The van der Waals surface area contributed by atoms with Gasteiger partial charge in [-0.2, -0.15) is 0 Å². The number of carbonyl (C=O) groups excluding carboxylic acids is 1. The quantitative estimate of drug-likeness (QED) is 0.528. The van der Waals surface area contributed by atoms with E-state index in [9.17, 15) is 4.79 Å². The lowest BCUT2D eigenvalue weighted by molar-refractivity contribution is 0.267. The molecule has 1 rings (SSSR count). The normalized spacial score (nSPS) is 9.93. The van der Waals surface area contributed by atoms with Crippen LogP contribution in [-0.2, 0) is 0 Å². The van der Waals surface area contributed by atoms with Crippen molar-refractivity contribution in [1.29, 1.82) is 0 Å². The van der Waals surface area contributed by atoms with E-state index in [-0.39, 0.29) is 3.91 Å². The van der Waals surface area contributed by atoms with Gasteiger partial charge < -0.3 is 10.6 Å². The van der Waals surface area contributed by atoms with Crippen molar-refractivity contribution >= 4 is 43.8 Å². The average Bonchev–Trinajstić information content (AvgIpc) is 2.13. The minimum absolute atomic E-state index is 0.0599. The van der Waals surface area contributed by atoms with Crippen molar-refractivity contribution in [3.8, 4) is 0 Å². The third kappa shape index (κ3) is 3.11. The maximum absolute atomic E-state index is 11.3. The summed E-state index contributed by atoms with van der Waals surface area (Å²) in [7, 11) is 0. The van der Waals surface area contributed by atoms with Crippen LogP contribution >= 0.6 is 34.2 Å². The van der Waals surface area contributed by atoms with E-state index in [1.54, 1.807) is 45.7 Å². The third-order valence-electron chi connectivity index (χ3n) is 1.68. The molecule has 1 amide bonds. The molecule has 0 bridgehead atoms. The van der Waals surface area contributed by atoms with Gasteiger partial charge in [0.05, 0.1) is 0 Å². The number of anilines is 1. The lowest BCUT2D eigenvalue weighted by Gasteiger charge is -2.19. The average molecular weight is 325 g/mol. The monoisotopic (exact) mass is 324 g/mol. The Morgan fingerprint density at radius 2 is 2.29 bits per heavy atom. The van der Waals surface area contributed by atoms with Crippen molar-refractivity contribution in [3.05, 3.63) is 29.3 Å². The second kappa shape index (κ2) is 5.53. The van der Waals surface area contributed by atoms with Crippen molar-refractivity contribution in [1.82, 2.24) is 0 Å². The molecule has 1 aromatic carbocycles. The van der Waals surface area contributed by atoms with Crippen LogP contribution in [0.4, 0.5) is 10.5 Å². The Balaban J connectivity index is 2.93. The van der Waals surface area contributed by atoms with Gasteiger partial charge in [-0.25, -0.2) is 0 Å². The second-order valence-corrected chi connectivity index (χ2v) is 4.03. The SMILES string of the molecule is NCCN(C(=O)I)c1cccc(Cl)c1. The van der Waals surface area contributed by atoms with Crippen LogP contribution in [-0.4, -0.2) is 17.0 Å². The molecule has 0 atom stereocenters. The van der Waals surface area contributed by atoms with E-state index < -0.39 is 0 Å². The summed E-state index contributed by atoms with van der Waals surface area (Å²) in [4.78, 5) is 12.8. The van der Waals surface area contributed by atoms with Crippen LogP contribution in [0.15, 0.2) is 24.3 Å². The first kappa shape index (κ1) is 11.7. The van der Waals surface area contributed by atoms with Gasteiger partial charge in [0.1, 0.15) is 0 Å². The van der Waals surface area contributed by atoms with E-state index in [1.807, 2.05) is 6.07 Å². The molecule has 0 aromatic heterocycles. The van der Waals surface area contributed by atoms with Crippen molar-refractivity contribution in [2.75, 3.05) is 18.0 Å². The zero-order valence-electron chi connectivity index (χ0n) is 7.41. The lowest BCUT2D eigenvalue weighted by Crippen LogP contribution is -2.31. The maximum Gasteiger partial charge on any atom is 0.287 e. The first-order chi connectivity index (χ1) is 6.65. The van der Waals surface area contributed by atoms with E-state index in [2.05, 4.69) is 0 Å². The Morgan fingerprint density at radius 1 is 1.57 bits per heavy atom. The first-order valence-corrected chi connectivity index (χ1v) is 5.53. The number of nitrogens with two attached hydrogens (primary N) is 1. The van der Waals surface area contributed by atoms with Gasteiger partial charge in [-0.05, 0) is 18.2 Å². The molecule has 0 saturated carbocycles. The Bertz CT molecular complexity index is 332. The van der Waals surface area contributed by atoms with E-state index in [0.29, 0.717) is 18.1 Å². The Kier molecular flexibility index (Phi) is 4.64. The molecule has 5 heteroatoms. The highest BCUT2D eigenvalue weighted by molar-refractivity contribution is 14.1. The molecule has 0 heterocycles. The van der Waals surface area contributed by atoms with Crippen LogP contribution in [0, 0.1) is 0 Å². The molecule has 76 valence electrons. The highest BCUT2D eigenvalue weighted by atomic mass is 127. The molecule has 0 aliphatic carbocycles. The molecule has 0 unspecified atom stereocenters. The molecule has 0 aliphatic rings. The summed E-state index contributed by atoms with van der Waals surface area (Å²) < 4.78 is -0.0599. The highest BCUT2D eigenvalue weighted by Crippen LogP contribution is 2.20. The predicted molar refractivity (Wildman–Crippen MR) is 67.3 cm³/mol. The van der Waals surface area contributed by atoms with Crippen molar-refractivity contribution in [3.63, 3.8) is 0 Å². The summed E-state index contributed by atoms with van der Waals surface area (Å²) >= 11 is 7.55. The molecule has 2 N–H and O–H groups in total. The van der Waals surface area contributed by atoms with Crippen LogP contribution in [0.3, 0.4) is 0 Å². The minimum atomic E-state index is -0.0599. The molecular weight excluding hydrogens is 314 g/mol. The second-order valence-electron chi connectivity index (χ2n) is 2.67. The molecule has 1 aromatic rings. The fraction of sp³-hybridized carbons (Fsp3) is 0.222. The Hall–Kier alpha value is -0.330. The smallest absolute Gasteiger partial charge is 0.287 e. The number of benzene rings is 1. The van der Waals surface area contributed by atoms with Gasteiger partial charge in [0.2, 0.25) is 0 Å². The van der Waals surface area contributed by atoms with Gasteiger partial charge in [0, 0.05) is 46.4 Å². The Morgan fingerprint density at radius 3 is 2.79 bits per heavy atom. The number of hydrogen-bond donors (Lipinski definition) is 1. The number of halogens is 2. The number of rotatable bonds is 3. The summed E-state index contributed by atoms with van der Waals surface area (Å²) in [6.07, 6.45) is 0. The van der Waals surface area contributed by atoms with Crippen LogP contribution < -0.4 is 10.6 Å². The lowest BCUT2D eigenvalue weighted by atomic mass is 10.3. The summed E-state index contributed by atoms with van der Waals surface area (Å²) in [5.41, 5.74) is 6.19. The molecule has 0 radical (unpaired) electrons. The molecule has 0 aliphatic heterocycles. The van der Waals surface area contributed by atoms with Gasteiger partial charge in [-0.1, -0.05) is 17.7 Å². The van der Waals surface area contributed by atoms with Crippen LogP contribution in [0.1, 0.15) is 0 Å². The zero-order chi connectivity index (χ0) is 10.6. The van der Waals surface area contributed by atoms with Crippen molar-refractivity contribution < 1.29 is 4.79 Å². The molecule has 14 heavy (non-hydrogen) atoms. The largest absolute Gasteiger partial charge is 0.329 e. The molecule has 3 nitrogen and oxygen atoms in total. The van der Waals surface area contributed by atoms with Crippen LogP contribution in [0.25, 0.3) is 0 Å². The number of carbonyl (C=O) groups is 1. The molecule has 0 fully saturated rings. The van der Waals surface area contributed by atoms with E-state index in [0.717, 1.165) is 5.69 Å². The van der Waals surface area contributed by atoms with E-state index >= 15 is 0 Å².